The van der Waals surface area contributed by atoms with E-state index in [1.54, 1.807) is 24.3 Å². The zero-order valence-electron chi connectivity index (χ0n) is 15.7. The van der Waals surface area contributed by atoms with E-state index < -0.39 is 0 Å². The zero-order chi connectivity index (χ0) is 18.8. The Balaban J connectivity index is 1.51. The lowest BCUT2D eigenvalue weighted by Gasteiger charge is -2.40. The van der Waals surface area contributed by atoms with Crippen molar-refractivity contribution in [2.75, 3.05) is 13.1 Å². The van der Waals surface area contributed by atoms with E-state index in [0.717, 1.165) is 17.1 Å². The van der Waals surface area contributed by atoms with Crippen molar-refractivity contribution in [1.29, 1.82) is 5.26 Å². The predicted octanol–water partition coefficient (Wildman–Crippen LogP) is 2.38. The number of nitrogens with zero attached hydrogens (tertiary/aromatic N) is 4. The molecule has 2 aromatic rings. The SMILES string of the molecule is Cc1nn(C)c(C)c1CC(C)C(=O)N1CC(Oc2ccc(C#N)cc2)C1. The fourth-order valence-electron chi connectivity index (χ4n) is 3.31. The lowest BCUT2D eigenvalue weighted by Crippen LogP contribution is -2.57. The molecule has 0 N–H and O–H groups in total. The molecule has 1 aromatic heterocycles. The van der Waals surface area contributed by atoms with Crippen molar-refractivity contribution in [3.8, 4) is 11.8 Å². The van der Waals surface area contributed by atoms with E-state index in [2.05, 4.69) is 11.2 Å². The normalized spacial score (nSPS) is 15.3. The fourth-order valence-corrected chi connectivity index (χ4v) is 3.31. The second kappa shape index (κ2) is 7.20. The van der Waals surface area contributed by atoms with Gasteiger partial charge in [-0.05, 0) is 50.1 Å². The molecule has 1 aromatic carbocycles. The number of carbonyl (C=O) groups excluding carboxylic acids is 1. The van der Waals surface area contributed by atoms with Gasteiger partial charge in [0, 0.05) is 18.7 Å². The van der Waals surface area contributed by atoms with Crippen LogP contribution in [-0.2, 0) is 18.3 Å². The van der Waals surface area contributed by atoms with Crippen LogP contribution in [0.15, 0.2) is 24.3 Å². The maximum absolute atomic E-state index is 12.6. The molecular weight excluding hydrogens is 328 g/mol. The number of aromatic nitrogens is 2. The van der Waals surface area contributed by atoms with Gasteiger partial charge in [0.15, 0.2) is 0 Å². The van der Waals surface area contributed by atoms with Crippen LogP contribution in [-0.4, -0.2) is 39.8 Å². The number of nitriles is 1. The van der Waals surface area contributed by atoms with Gasteiger partial charge < -0.3 is 9.64 Å². The molecule has 3 rings (SSSR count). The average Bonchev–Trinajstić information content (AvgIpc) is 2.83. The van der Waals surface area contributed by atoms with Crippen molar-refractivity contribution in [1.82, 2.24) is 14.7 Å². The quantitative estimate of drug-likeness (QED) is 0.828. The van der Waals surface area contributed by atoms with Gasteiger partial charge in [-0.15, -0.1) is 0 Å². The fraction of sp³-hybridized carbons (Fsp3) is 0.450. The Morgan fingerprint density at radius 2 is 2.00 bits per heavy atom. The molecule has 1 atom stereocenters. The lowest BCUT2D eigenvalue weighted by atomic mass is 9.96. The van der Waals surface area contributed by atoms with Crippen molar-refractivity contribution < 1.29 is 9.53 Å². The van der Waals surface area contributed by atoms with Gasteiger partial charge in [0.05, 0.1) is 30.4 Å². The summed E-state index contributed by atoms with van der Waals surface area (Å²) in [6.45, 7) is 7.22. The van der Waals surface area contributed by atoms with Crippen LogP contribution in [0.1, 0.15) is 29.4 Å². The van der Waals surface area contributed by atoms with E-state index in [1.165, 1.54) is 5.56 Å². The number of benzene rings is 1. The Hall–Kier alpha value is -2.81. The van der Waals surface area contributed by atoms with Gasteiger partial charge in [0.1, 0.15) is 11.9 Å². The first kappa shape index (κ1) is 18.0. The summed E-state index contributed by atoms with van der Waals surface area (Å²) in [6.07, 6.45) is 0.725. The van der Waals surface area contributed by atoms with Gasteiger partial charge in [0.2, 0.25) is 5.91 Å². The minimum absolute atomic E-state index is 0.0148. The first-order valence-electron chi connectivity index (χ1n) is 8.83. The molecule has 1 amide bonds. The highest BCUT2D eigenvalue weighted by atomic mass is 16.5. The summed E-state index contributed by atoms with van der Waals surface area (Å²) in [4.78, 5) is 14.5. The second-order valence-corrected chi connectivity index (χ2v) is 7.00. The van der Waals surface area contributed by atoms with E-state index in [0.29, 0.717) is 25.1 Å². The number of hydrogen-bond donors (Lipinski definition) is 0. The summed E-state index contributed by atoms with van der Waals surface area (Å²) < 4.78 is 7.72. The highest BCUT2D eigenvalue weighted by Crippen LogP contribution is 2.23. The first-order chi connectivity index (χ1) is 12.4. The van der Waals surface area contributed by atoms with E-state index in [4.69, 9.17) is 10.00 Å². The van der Waals surface area contributed by atoms with Crippen LogP contribution in [0.3, 0.4) is 0 Å². The van der Waals surface area contributed by atoms with Crippen LogP contribution < -0.4 is 4.74 Å². The molecule has 6 heteroatoms. The monoisotopic (exact) mass is 352 g/mol. The van der Waals surface area contributed by atoms with E-state index in [9.17, 15) is 4.79 Å². The summed E-state index contributed by atoms with van der Waals surface area (Å²) in [5.74, 6) is 0.815. The molecule has 0 radical (unpaired) electrons. The maximum Gasteiger partial charge on any atom is 0.225 e. The maximum atomic E-state index is 12.6. The molecule has 2 heterocycles. The Kier molecular flexibility index (Phi) is 4.99. The largest absolute Gasteiger partial charge is 0.487 e. The van der Waals surface area contributed by atoms with Gasteiger partial charge in [0.25, 0.3) is 0 Å². The number of rotatable bonds is 5. The van der Waals surface area contributed by atoms with Crippen LogP contribution in [0.25, 0.3) is 0 Å². The van der Waals surface area contributed by atoms with Gasteiger partial charge >= 0.3 is 0 Å². The minimum Gasteiger partial charge on any atom is -0.487 e. The number of likely N-dealkylation sites (tertiary alicyclic amines) is 1. The molecule has 0 aliphatic carbocycles. The summed E-state index contributed by atoms with van der Waals surface area (Å²) in [7, 11) is 1.93. The summed E-state index contributed by atoms with van der Waals surface area (Å²) in [5, 5.41) is 13.2. The predicted molar refractivity (Wildman–Crippen MR) is 97.7 cm³/mol. The van der Waals surface area contributed by atoms with Gasteiger partial charge in [-0.2, -0.15) is 10.4 Å². The molecule has 26 heavy (non-hydrogen) atoms. The van der Waals surface area contributed by atoms with Crippen LogP contribution in [0.5, 0.6) is 5.75 Å². The van der Waals surface area contributed by atoms with E-state index in [-0.39, 0.29) is 17.9 Å². The molecule has 136 valence electrons. The molecular formula is C20H24N4O2. The number of amides is 1. The molecule has 1 saturated heterocycles. The smallest absolute Gasteiger partial charge is 0.225 e. The van der Waals surface area contributed by atoms with Crippen molar-refractivity contribution in [2.24, 2.45) is 13.0 Å². The third kappa shape index (κ3) is 3.57. The minimum atomic E-state index is -0.0764. The molecule has 6 nitrogen and oxygen atoms in total. The number of hydrogen-bond acceptors (Lipinski definition) is 4. The Labute approximate surface area is 154 Å². The van der Waals surface area contributed by atoms with E-state index >= 15 is 0 Å². The molecule has 1 fully saturated rings. The topological polar surface area (TPSA) is 71.2 Å². The molecule has 0 saturated carbocycles. The van der Waals surface area contributed by atoms with Crippen molar-refractivity contribution in [3.63, 3.8) is 0 Å². The van der Waals surface area contributed by atoms with Crippen molar-refractivity contribution >= 4 is 5.91 Å². The standard InChI is InChI=1S/C20H24N4O2/c1-13(9-19-14(2)22-23(4)15(19)3)20(25)24-11-18(12-24)26-17-7-5-16(10-21)6-8-17/h5-8,13,18H,9,11-12H2,1-4H3. The van der Waals surface area contributed by atoms with Crippen molar-refractivity contribution in [3.05, 3.63) is 46.8 Å². The molecule has 0 bridgehead atoms. The summed E-state index contributed by atoms with van der Waals surface area (Å²) in [6, 6.07) is 9.13. The molecule has 1 aliphatic rings. The number of carbonyl (C=O) groups is 1. The van der Waals surface area contributed by atoms with Gasteiger partial charge in [-0.1, -0.05) is 6.92 Å². The zero-order valence-corrected chi connectivity index (χ0v) is 15.7. The van der Waals surface area contributed by atoms with Crippen LogP contribution in [0, 0.1) is 31.1 Å². The third-order valence-electron chi connectivity index (χ3n) is 5.04. The number of ether oxygens (including phenoxy) is 1. The van der Waals surface area contributed by atoms with Crippen LogP contribution >= 0.6 is 0 Å². The van der Waals surface area contributed by atoms with Crippen molar-refractivity contribution in [2.45, 2.75) is 33.3 Å². The van der Waals surface area contributed by atoms with Crippen LogP contribution in [0.4, 0.5) is 0 Å². The third-order valence-corrected chi connectivity index (χ3v) is 5.04. The Morgan fingerprint density at radius 3 is 2.54 bits per heavy atom. The Morgan fingerprint density at radius 1 is 1.35 bits per heavy atom. The first-order valence-corrected chi connectivity index (χ1v) is 8.83. The summed E-state index contributed by atoms with van der Waals surface area (Å²) >= 11 is 0. The average molecular weight is 352 g/mol. The van der Waals surface area contributed by atoms with E-state index in [1.807, 2.05) is 37.4 Å². The highest BCUT2D eigenvalue weighted by molar-refractivity contribution is 5.79. The molecule has 1 aliphatic heterocycles. The highest BCUT2D eigenvalue weighted by Gasteiger charge is 2.34. The summed E-state index contributed by atoms with van der Waals surface area (Å²) in [5.41, 5.74) is 3.89. The second-order valence-electron chi connectivity index (χ2n) is 7.00. The lowest BCUT2D eigenvalue weighted by molar-refractivity contribution is -0.143. The van der Waals surface area contributed by atoms with Gasteiger partial charge in [-0.25, -0.2) is 0 Å². The number of aryl methyl sites for hydroxylation is 2. The molecule has 1 unspecified atom stereocenters. The molecule has 0 spiro atoms. The Bertz CT molecular complexity index is 842. The van der Waals surface area contributed by atoms with Gasteiger partial charge in [-0.3, -0.25) is 9.48 Å². The van der Waals surface area contributed by atoms with Crippen LogP contribution in [0.2, 0.25) is 0 Å².